The Morgan fingerprint density at radius 2 is 1.58 bits per heavy atom. The van der Waals surface area contributed by atoms with E-state index in [0.29, 0.717) is 29.1 Å². The number of aromatic nitrogens is 1. The first-order chi connectivity index (χ1) is 16.2. The Kier molecular flexibility index (Phi) is 5.68. The summed E-state index contributed by atoms with van der Waals surface area (Å²) in [7, 11) is 0. The first-order valence-corrected chi connectivity index (χ1v) is 11.0. The van der Waals surface area contributed by atoms with Crippen LogP contribution in [0.2, 0.25) is 0 Å². The van der Waals surface area contributed by atoms with Crippen LogP contribution in [0.5, 0.6) is 0 Å². The third-order valence-electron chi connectivity index (χ3n) is 5.84. The van der Waals surface area contributed by atoms with E-state index in [1.807, 2.05) is 53.4 Å². The SMILES string of the molecule is O=C(Nc1ccc(C(=O)N2CCCc3ccccc32)cc1)c1cccnc1-c1ccccc1. The van der Waals surface area contributed by atoms with Gasteiger partial charge in [0.25, 0.3) is 11.8 Å². The monoisotopic (exact) mass is 433 g/mol. The number of para-hydroxylation sites is 1. The number of anilines is 2. The fourth-order valence-electron chi connectivity index (χ4n) is 4.21. The third kappa shape index (κ3) is 4.26. The van der Waals surface area contributed by atoms with Gasteiger partial charge in [0.1, 0.15) is 0 Å². The zero-order valence-corrected chi connectivity index (χ0v) is 18.1. The predicted molar refractivity (Wildman–Crippen MR) is 131 cm³/mol. The van der Waals surface area contributed by atoms with Gasteiger partial charge in [0.05, 0.1) is 11.3 Å². The van der Waals surface area contributed by atoms with Gasteiger partial charge < -0.3 is 10.2 Å². The number of rotatable bonds is 4. The van der Waals surface area contributed by atoms with Crippen LogP contribution >= 0.6 is 0 Å². The smallest absolute Gasteiger partial charge is 0.258 e. The standard InChI is InChI=1S/C28H23N3O2/c32-27(24-12-6-18-29-26(24)21-9-2-1-3-10-21)30-23-16-14-22(15-17-23)28(33)31-19-7-11-20-8-4-5-13-25(20)31/h1-6,8-10,12-18H,7,11,19H2,(H,30,32). The van der Waals surface area contributed by atoms with Gasteiger partial charge in [0.15, 0.2) is 0 Å². The molecule has 2 heterocycles. The molecule has 1 aliphatic rings. The fourth-order valence-corrected chi connectivity index (χ4v) is 4.21. The average molecular weight is 434 g/mol. The molecule has 0 saturated carbocycles. The minimum absolute atomic E-state index is 0.0290. The second-order valence-corrected chi connectivity index (χ2v) is 7.99. The van der Waals surface area contributed by atoms with Crippen molar-refractivity contribution < 1.29 is 9.59 Å². The van der Waals surface area contributed by atoms with Crippen LogP contribution in [0.25, 0.3) is 11.3 Å². The molecule has 0 fully saturated rings. The summed E-state index contributed by atoms with van der Waals surface area (Å²) in [5.74, 6) is -0.273. The Hall–Kier alpha value is -4.25. The maximum Gasteiger partial charge on any atom is 0.258 e. The number of carbonyl (C=O) groups excluding carboxylic acids is 2. The van der Waals surface area contributed by atoms with Crippen LogP contribution in [0.4, 0.5) is 11.4 Å². The summed E-state index contributed by atoms with van der Waals surface area (Å²) in [5, 5.41) is 2.93. The lowest BCUT2D eigenvalue weighted by atomic mass is 10.0. The molecule has 1 aliphatic heterocycles. The van der Waals surface area contributed by atoms with Crippen molar-refractivity contribution >= 4 is 23.2 Å². The van der Waals surface area contributed by atoms with Crippen molar-refractivity contribution in [1.29, 1.82) is 0 Å². The summed E-state index contributed by atoms with van der Waals surface area (Å²) in [4.78, 5) is 32.4. The lowest BCUT2D eigenvalue weighted by molar-refractivity contribution is 0.0984. The Labute approximate surface area is 192 Å². The van der Waals surface area contributed by atoms with Gasteiger partial charge in [0, 0.05) is 35.2 Å². The molecule has 0 radical (unpaired) electrons. The van der Waals surface area contributed by atoms with E-state index in [1.165, 1.54) is 5.56 Å². The highest BCUT2D eigenvalue weighted by molar-refractivity contribution is 6.09. The highest BCUT2D eigenvalue weighted by Gasteiger charge is 2.23. The maximum atomic E-state index is 13.1. The van der Waals surface area contributed by atoms with Crippen LogP contribution < -0.4 is 10.2 Å². The van der Waals surface area contributed by atoms with Crippen molar-refractivity contribution in [3.05, 3.63) is 114 Å². The lowest BCUT2D eigenvalue weighted by Crippen LogP contribution is -2.35. The number of aryl methyl sites for hydroxylation is 1. The fraction of sp³-hybridized carbons (Fsp3) is 0.107. The molecule has 0 aliphatic carbocycles. The molecule has 0 atom stereocenters. The number of carbonyl (C=O) groups is 2. The Morgan fingerprint density at radius 1 is 0.818 bits per heavy atom. The molecule has 0 spiro atoms. The Bertz CT molecular complexity index is 1300. The van der Waals surface area contributed by atoms with Gasteiger partial charge in [-0.15, -0.1) is 0 Å². The largest absolute Gasteiger partial charge is 0.322 e. The van der Waals surface area contributed by atoms with Crippen molar-refractivity contribution in [2.45, 2.75) is 12.8 Å². The lowest BCUT2D eigenvalue weighted by Gasteiger charge is -2.29. The quantitative estimate of drug-likeness (QED) is 0.456. The zero-order valence-electron chi connectivity index (χ0n) is 18.1. The van der Waals surface area contributed by atoms with Crippen molar-refractivity contribution in [3.8, 4) is 11.3 Å². The highest BCUT2D eigenvalue weighted by atomic mass is 16.2. The number of amides is 2. The van der Waals surface area contributed by atoms with Gasteiger partial charge in [-0.25, -0.2) is 0 Å². The molecule has 0 unspecified atom stereocenters. The van der Waals surface area contributed by atoms with Gasteiger partial charge in [-0.05, 0) is 60.9 Å². The molecule has 1 aromatic heterocycles. The molecule has 4 aromatic rings. The van der Waals surface area contributed by atoms with Crippen molar-refractivity contribution in [2.24, 2.45) is 0 Å². The number of nitrogens with one attached hydrogen (secondary N) is 1. The van der Waals surface area contributed by atoms with E-state index in [2.05, 4.69) is 16.4 Å². The van der Waals surface area contributed by atoms with E-state index in [4.69, 9.17) is 0 Å². The van der Waals surface area contributed by atoms with Crippen LogP contribution in [-0.4, -0.2) is 23.3 Å². The average Bonchev–Trinajstić information content (AvgIpc) is 2.89. The van der Waals surface area contributed by atoms with Crippen molar-refractivity contribution in [1.82, 2.24) is 4.98 Å². The van der Waals surface area contributed by atoms with E-state index in [0.717, 1.165) is 24.1 Å². The number of hydrogen-bond acceptors (Lipinski definition) is 3. The first kappa shape index (κ1) is 20.6. The number of pyridine rings is 1. The second-order valence-electron chi connectivity index (χ2n) is 7.99. The minimum Gasteiger partial charge on any atom is -0.322 e. The molecule has 0 bridgehead atoms. The molecular weight excluding hydrogens is 410 g/mol. The molecule has 1 N–H and O–H groups in total. The number of benzene rings is 3. The Balaban J connectivity index is 1.34. The Morgan fingerprint density at radius 3 is 2.39 bits per heavy atom. The molecule has 162 valence electrons. The topological polar surface area (TPSA) is 62.3 Å². The molecule has 33 heavy (non-hydrogen) atoms. The minimum atomic E-state index is -0.244. The summed E-state index contributed by atoms with van der Waals surface area (Å²) in [6.45, 7) is 0.706. The van der Waals surface area contributed by atoms with Gasteiger partial charge >= 0.3 is 0 Å². The molecule has 5 rings (SSSR count). The van der Waals surface area contributed by atoms with Crippen molar-refractivity contribution in [2.75, 3.05) is 16.8 Å². The summed E-state index contributed by atoms with van der Waals surface area (Å²) in [6, 6.07) is 28.2. The molecular formula is C28H23N3O2. The van der Waals surface area contributed by atoms with Crippen LogP contribution in [0.3, 0.4) is 0 Å². The third-order valence-corrected chi connectivity index (χ3v) is 5.84. The summed E-state index contributed by atoms with van der Waals surface area (Å²) >= 11 is 0. The van der Waals surface area contributed by atoms with Crippen LogP contribution in [0.15, 0.2) is 97.2 Å². The summed E-state index contributed by atoms with van der Waals surface area (Å²) in [5.41, 5.74) is 5.41. The van der Waals surface area contributed by atoms with Gasteiger partial charge in [-0.1, -0.05) is 48.5 Å². The van der Waals surface area contributed by atoms with Gasteiger partial charge in [-0.2, -0.15) is 0 Å². The highest BCUT2D eigenvalue weighted by Crippen LogP contribution is 2.28. The number of nitrogens with zero attached hydrogens (tertiary/aromatic N) is 2. The summed E-state index contributed by atoms with van der Waals surface area (Å²) in [6.07, 6.45) is 3.62. The van der Waals surface area contributed by atoms with E-state index < -0.39 is 0 Å². The maximum absolute atomic E-state index is 13.1. The van der Waals surface area contributed by atoms with Crippen LogP contribution in [0.1, 0.15) is 32.7 Å². The predicted octanol–water partition coefficient (Wildman–Crippen LogP) is 5.59. The van der Waals surface area contributed by atoms with E-state index >= 15 is 0 Å². The van der Waals surface area contributed by atoms with E-state index in [9.17, 15) is 9.59 Å². The van der Waals surface area contributed by atoms with Gasteiger partial charge in [0.2, 0.25) is 0 Å². The van der Waals surface area contributed by atoms with Crippen LogP contribution in [-0.2, 0) is 6.42 Å². The molecule has 5 heteroatoms. The number of hydrogen-bond donors (Lipinski definition) is 1. The molecule has 5 nitrogen and oxygen atoms in total. The van der Waals surface area contributed by atoms with E-state index in [-0.39, 0.29) is 11.8 Å². The van der Waals surface area contributed by atoms with Crippen LogP contribution in [0, 0.1) is 0 Å². The zero-order chi connectivity index (χ0) is 22.6. The van der Waals surface area contributed by atoms with E-state index in [1.54, 1.807) is 42.6 Å². The second kappa shape index (κ2) is 9.09. The number of fused-ring (bicyclic) bond motifs is 1. The van der Waals surface area contributed by atoms with Gasteiger partial charge in [-0.3, -0.25) is 14.6 Å². The first-order valence-electron chi connectivity index (χ1n) is 11.0. The normalized spacial score (nSPS) is 12.7. The van der Waals surface area contributed by atoms with Crippen molar-refractivity contribution in [3.63, 3.8) is 0 Å². The molecule has 0 saturated heterocycles. The molecule has 2 amide bonds. The summed E-state index contributed by atoms with van der Waals surface area (Å²) < 4.78 is 0. The molecule has 3 aromatic carbocycles.